The summed E-state index contributed by atoms with van der Waals surface area (Å²) in [6.07, 6.45) is 4.21. The van der Waals surface area contributed by atoms with Crippen LogP contribution in [0.5, 0.6) is 0 Å². The molecule has 0 aromatic heterocycles. The molecule has 0 aromatic carbocycles. The normalized spacial score (nSPS) is 26.4. The topological polar surface area (TPSA) is 63.4 Å². The average Bonchev–Trinajstić information content (AvgIpc) is 2.58. The van der Waals surface area contributed by atoms with Gasteiger partial charge in [-0.3, -0.25) is 0 Å². The van der Waals surface area contributed by atoms with Crippen molar-refractivity contribution in [1.82, 2.24) is 4.90 Å². The Labute approximate surface area is 112 Å². The van der Waals surface area contributed by atoms with Crippen LogP contribution in [0.15, 0.2) is 0 Å². The Hall–Kier alpha value is -0.130. The van der Waals surface area contributed by atoms with Crippen LogP contribution in [0.4, 0.5) is 0 Å². The molecule has 1 aliphatic rings. The molecule has 4 nitrogen and oxygen atoms in total. The predicted molar refractivity (Wildman–Crippen MR) is 76.4 cm³/mol. The molecule has 0 aliphatic carbocycles. The van der Waals surface area contributed by atoms with Crippen LogP contribution in [0.2, 0.25) is 0 Å². The Kier molecular flexibility index (Phi) is 6.08. The Morgan fingerprint density at radius 1 is 1.33 bits per heavy atom. The van der Waals surface area contributed by atoms with Crippen molar-refractivity contribution in [3.05, 3.63) is 0 Å². The maximum atomic E-state index is 11.4. The van der Waals surface area contributed by atoms with Gasteiger partial charge in [0.25, 0.3) is 0 Å². The number of nitrogens with two attached hydrogens (primary N) is 1. The fraction of sp³-hybridized carbons (Fsp3) is 1.00. The Morgan fingerprint density at radius 2 is 2.00 bits per heavy atom. The lowest BCUT2D eigenvalue weighted by atomic mass is 10.0. The van der Waals surface area contributed by atoms with E-state index in [2.05, 4.69) is 11.8 Å². The summed E-state index contributed by atoms with van der Waals surface area (Å²) >= 11 is 0. The fourth-order valence-electron chi connectivity index (χ4n) is 2.64. The maximum absolute atomic E-state index is 11.4. The molecular weight excluding hydrogens is 248 g/mol. The van der Waals surface area contributed by atoms with E-state index in [1.165, 1.54) is 6.42 Å². The molecule has 3 unspecified atom stereocenters. The lowest BCUT2D eigenvalue weighted by Gasteiger charge is -2.26. The van der Waals surface area contributed by atoms with Crippen molar-refractivity contribution in [2.24, 2.45) is 11.7 Å². The van der Waals surface area contributed by atoms with Gasteiger partial charge in [-0.1, -0.05) is 13.3 Å². The molecule has 1 heterocycles. The van der Waals surface area contributed by atoms with Crippen molar-refractivity contribution in [3.8, 4) is 0 Å². The Bertz CT molecular complexity index is 341. The van der Waals surface area contributed by atoms with Gasteiger partial charge >= 0.3 is 0 Å². The second-order valence-corrected chi connectivity index (χ2v) is 8.24. The van der Waals surface area contributed by atoms with Gasteiger partial charge in [0.15, 0.2) is 9.84 Å². The van der Waals surface area contributed by atoms with E-state index in [1.54, 1.807) is 0 Å². The first-order chi connectivity index (χ1) is 8.30. The SMILES string of the molecule is CC(N)CCCC(C)CN(C)C1CCS(=O)(=O)C1. The highest BCUT2D eigenvalue weighted by Gasteiger charge is 2.30. The number of hydrogen-bond donors (Lipinski definition) is 1. The zero-order valence-electron chi connectivity index (χ0n) is 11.9. The molecule has 1 aliphatic heterocycles. The summed E-state index contributed by atoms with van der Waals surface area (Å²) in [5, 5.41) is 0. The molecule has 0 saturated carbocycles. The van der Waals surface area contributed by atoms with Crippen molar-refractivity contribution in [2.75, 3.05) is 25.1 Å². The van der Waals surface area contributed by atoms with Crippen LogP contribution in [-0.4, -0.2) is 50.5 Å². The lowest BCUT2D eigenvalue weighted by molar-refractivity contribution is 0.220. The highest BCUT2D eigenvalue weighted by atomic mass is 32.2. The number of rotatable bonds is 7. The number of nitrogens with zero attached hydrogens (tertiary/aromatic N) is 1. The maximum Gasteiger partial charge on any atom is 0.151 e. The highest BCUT2D eigenvalue weighted by molar-refractivity contribution is 7.91. The van der Waals surface area contributed by atoms with Crippen LogP contribution in [-0.2, 0) is 9.84 Å². The third-order valence-corrected chi connectivity index (χ3v) is 5.54. The van der Waals surface area contributed by atoms with E-state index >= 15 is 0 Å². The Balaban J connectivity index is 2.25. The molecule has 18 heavy (non-hydrogen) atoms. The molecule has 0 radical (unpaired) electrons. The van der Waals surface area contributed by atoms with E-state index in [4.69, 9.17) is 5.73 Å². The third-order valence-electron chi connectivity index (χ3n) is 3.79. The summed E-state index contributed by atoms with van der Waals surface area (Å²) < 4.78 is 22.9. The van der Waals surface area contributed by atoms with Crippen LogP contribution in [0.25, 0.3) is 0 Å². The lowest BCUT2D eigenvalue weighted by Crippen LogP contribution is -2.35. The fourth-order valence-corrected chi connectivity index (χ4v) is 4.45. The summed E-state index contributed by atoms with van der Waals surface area (Å²) in [5.41, 5.74) is 5.73. The van der Waals surface area contributed by atoms with Crippen molar-refractivity contribution in [1.29, 1.82) is 0 Å². The van der Waals surface area contributed by atoms with Gasteiger partial charge in [0, 0.05) is 18.6 Å². The van der Waals surface area contributed by atoms with Gasteiger partial charge in [0.1, 0.15) is 0 Å². The van der Waals surface area contributed by atoms with Crippen LogP contribution in [0, 0.1) is 5.92 Å². The molecule has 1 fully saturated rings. The molecule has 1 rings (SSSR count). The van der Waals surface area contributed by atoms with Crippen LogP contribution >= 0.6 is 0 Å². The molecule has 2 N–H and O–H groups in total. The first kappa shape index (κ1) is 15.9. The Morgan fingerprint density at radius 3 is 2.50 bits per heavy atom. The minimum Gasteiger partial charge on any atom is -0.328 e. The van der Waals surface area contributed by atoms with E-state index in [-0.39, 0.29) is 12.1 Å². The van der Waals surface area contributed by atoms with Crippen molar-refractivity contribution in [3.63, 3.8) is 0 Å². The van der Waals surface area contributed by atoms with Gasteiger partial charge in [0.05, 0.1) is 11.5 Å². The van der Waals surface area contributed by atoms with Crippen LogP contribution in [0.1, 0.15) is 39.5 Å². The molecular formula is C13H28N2O2S. The molecule has 0 amide bonds. The van der Waals surface area contributed by atoms with Gasteiger partial charge < -0.3 is 10.6 Å². The monoisotopic (exact) mass is 276 g/mol. The van der Waals surface area contributed by atoms with Gasteiger partial charge in [-0.25, -0.2) is 8.42 Å². The zero-order chi connectivity index (χ0) is 13.8. The summed E-state index contributed by atoms with van der Waals surface area (Å²) in [6, 6.07) is 0.515. The highest BCUT2D eigenvalue weighted by Crippen LogP contribution is 2.19. The van der Waals surface area contributed by atoms with E-state index < -0.39 is 9.84 Å². The smallest absolute Gasteiger partial charge is 0.151 e. The largest absolute Gasteiger partial charge is 0.328 e. The second kappa shape index (κ2) is 6.87. The van der Waals surface area contributed by atoms with Crippen molar-refractivity contribution in [2.45, 2.75) is 51.6 Å². The second-order valence-electron chi connectivity index (χ2n) is 6.01. The van der Waals surface area contributed by atoms with Gasteiger partial charge in [-0.15, -0.1) is 0 Å². The molecule has 0 bridgehead atoms. The predicted octanol–water partition coefficient (Wildman–Crippen LogP) is 1.26. The summed E-state index contributed by atoms with van der Waals surface area (Å²) in [5.74, 6) is 1.31. The zero-order valence-corrected chi connectivity index (χ0v) is 12.7. The summed E-state index contributed by atoms with van der Waals surface area (Å²) in [6.45, 7) is 5.26. The molecule has 5 heteroatoms. The summed E-state index contributed by atoms with van der Waals surface area (Å²) in [4.78, 5) is 2.22. The minimum atomic E-state index is -2.76. The van der Waals surface area contributed by atoms with E-state index in [0.717, 1.165) is 25.8 Å². The standard InChI is InChI=1S/C13H28N2O2S/c1-11(5-4-6-12(2)14)9-15(3)13-7-8-18(16,17)10-13/h11-13H,4-10,14H2,1-3H3. The van der Waals surface area contributed by atoms with Gasteiger partial charge in [-0.2, -0.15) is 0 Å². The first-order valence-electron chi connectivity index (χ1n) is 6.96. The van der Waals surface area contributed by atoms with Crippen LogP contribution in [0.3, 0.4) is 0 Å². The average molecular weight is 276 g/mol. The van der Waals surface area contributed by atoms with E-state index in [9.17, 15) is 8.42 Å². The van der Waals surface area contributed by atoms with E-state index in [1.807, 2.05) is 14.0 Å². The van der Waals surface area contributed by atoms with Gasteiger partial charge in [0.2, 0.25) is 0 Å². The molecule has 108 valence electrons. The van der Waals surface area contributed by atoms with Crippen LogP contribution < -0.4 is 5.73 Å². The molecule has 0 aromatic rings. The van der Waals surface area contributed by atoms with Gasteiger partial charge in [-0.05, 0) is 39.2 Å². The third kappa shape index (κ3) is 5.67. The molecule has 1 saturated heterocycles. The quantitative estimate of drug-likeness (QED) is 0.760. The number of sulfone groups is 1. The molecule has 0 spiro atoms. The molecule has 3 atom stereocenters. The minimum absolute atomic E-state index is 0.228. The first-order valence-corrected chi connectivity index (χ1v) is 8.78. The van der Waals surface area contributed by atoms with Crippen molar-refractivity contribution >= 4 is 9.84 Å². The van der Waals surface area contributed by atoms with E-state index in [0.29, 0.717) is 17.4 Å². The van der Waals surface area contributed by atoms with Crippen molar-refractivity contribution < 1.29 is 8.42 Å². The summed E-state index contributed by atoms with van der Waals surface area (Å²) in [7, 11) is -0.713. The number of hydrogen-bond acceptors (Lipinski definition) is 4.